The summed E-state index contributed by atoms with van der Waals surface area (Å²) in [5, 5.41) is 7.79. The van der Waals surface area contributed by atoms with E-state index in [1.54, 1.807) is 0 Å². The second-order valence-electron chi connectivity index (χ2n) is 11.7. The third kappa shape index (κ3) is 4.49. The lowest BCUT2D eigenvalue weighted by Crippen LogP contribution is -1.96. The summed E-state index contributed by atoms with van der Waals surface area (Å²) in [6.45, 7) is 0. The van der Waals surface area contributed by atoms with Gasteiger partial charge in [-0.15, -0.1) is 0 Å². The highest BCUT2D eigenvalue weighted by atomic mass is 14.9. The average Bonchev–Trinajstić information content (AvgIpc) is 3.14. The Bertz CT molecular complexity index is 2470. The molecule has 0 aliphatic rings. The number of rotatable bonds is 5. The van der Waals surface area contributed by atoms with Gasteiger partial charge in [0.1, 0.15) is 0 Å². The van der Waals surface area contributed by atoms with Crippen molar-refractivity contribution >= 4 is 32.3 Å². The van der Waals surface area contributed by atoms with Crippen LogP contribution in [-0.2, 0) is 0 Å². The van der Waals surface area contributed by atoms with Crippen LogP contribution in [0.2, 0.25) is 0 Å². The van der Waals surface area contributed by atoms with E-state index in [1.807, 2.05) is 42.7 Å². The molecule has 0 fully saturated rings. The van der Waals surface area contributed by atoms with Gasteiger partial charge in [0.05, 0.1) is 11.4 Å². The zero-order chi connectivity index (χ0) is 30.5. The molecule has 214 valence electrons. The smallest absolute Gasteiger partial charge is 0.160 e. The normalized spacial score (nSPS) is 11.5. The molecule has 2 heterocycles. The predicted molar refractivity (Wildman–Crippen MR) is 191 cm³/mol. The van der Waals surface area contributed by atoms with E-state index in [0.29, 0.717) is 5.82 Å². The highest BCUT2D eigenvalue weighted by Gasteiger charge is 2.14. The molecule has 0 atom stereocenters. The molecule has 2 aromatic heterocycles. The molecule has 46 heavy (non-hydrogen) atoms. The fourth-order valence-electron chi connectivity index (χ4n) is 6.64. The second-order valence-corrected chi connectivity index (χ2v) is 11.7. The zero-order valence-corrected chi connectivity index (χ0v) is 24.9. The summed E-state index contributed by atoms with van der Waals surface area (Å²) in [5.74, 6) is 0.702. The molecule has 0 unspecified atom stereocenters. The van der Waals surface area contributed by atoms with Crippen LogP contribution in [-0.4, -0.2) is 15.0 Å². The molecular formula is C43H27N3. The summed E-state index contributed by atoms with van der Waals surface area (Å²) in [5.41, 5.74) is 9.56. The van der Waals surface area contributed by atoms with Crippen molar-refractivity contribution in [3.63, 3.8) is 0 Å². The van der Waals surface area contributed by atoms with Crippen LogP contribution in [0.3, 0.4) is 0 Å². The maximum atomic E-state index is 5.09. The third-order valence-corrected chi connectivity index (χ3v) is 8.97. The van der Waals surface area contributed by atoms with Crippen molar-refractivity contribution in [1.82, 2.24) is 15.0 Å². The number of hydrogen-bond donors (Lipinski definition) is 0. The fraction of sp³-hybridized carbons (Fsp3) is 0. The lowest BCUT2D eigenvalue weighted by atomic mass is 9.89. The minimum atomic E-state index is 0.702. The number of benzene rings is 7. The maximum absolute atomic E-state index is 5.09. The second kappa shape index (κ2) is 10.8. The van der Waals surface area contributed by atoms with Gasteiger partial charge < -0.3 is 0 Å². The summed E-state index contributed by atoms with van der Waals surface area (Å²) in [7, 11) is 0. The monoisotopic (exact) mass is 585 g/mol. The Kier molecular flexibility index (Phi) is 6.14. The topological polar surface area (TPSA) is 38.7 Å². The minimum absolute atomic E-state index is 0.702. The molecular weight excluding hydrogens is 558 g/mol. The van der Waals surface area contributed by atoms with E-state index in [2.05, 4.69) is 126 Å². The van der Waals surface area contributed by atoms with E-state index in [-0.39, 0.29) is 0 Å². The Morgan fingerprint density at radius 2 is 0.891 bits per heavy atom. The third-order valence-electron chi connectivity index (χ3n) is 8.97. The zero-order valence-electron chi connectivity index (χ0n) is 24.9. The Morgan fingerprint density at radius 1 is 0.348 bits per heavy atom. The first-order chi connectivity index (χ1) is 22.8. The lowest BCUT2D eigenvalue weighted by Gasteiger charge is -2.14. The summed E-state index contributed by atoms with van der Waals surface area (Å²) < 4.78 is 0. The first-order valence-corrected chi connectivity index (χ1v) is 15.5. The largest absolute Gasteiger partial charge is 0.265 e. The fourth-order valence-corrected chi connectivity index (χ4v) is 6.64. The number of aromatic nitrogens is 3. The van der Waals surface area contributed by atoms with Crippen LogP contribution in [0.15, 0.2) is 164 Å². The highest BCUT2D eigenvalue weighted by molar-refractivity contribution is 6.25. The van der Waals surface area contributed by atoms with E-state index in [1.165, 1.54) is 43.4 Å². The van der Waals surface area contributed by atoms with Crippen molar-refractivity contribution in [3.05, 3.63) is 164 Å². The van der Waals surface area contributed by atoms with E-state index in [9.17, 15) is 0 Å². The summed E-state index contributed by atoms with van der Waals surface area (Å²) in [4.78, 5) is 14.3. The van der Waals surface area contributed by atoms with E-state index in [4.69, 9.17) is 9.97 Å². The first kappa shape index (κ1) is 26.2. The molecule has 0 spiro atoms. The van der Waals surface area contributed by atoms with Crippen molar-refractivity contribution in [1.29, 1.82) is 0 Å². The highest BCUT2D eigenvalue weighted by Crippen LogP contribution is 2.39. The molecule has 3 nitrogen and oxygen atoms in total. The Balaban J connectivity index is 1.13. The molecule has 7 aromatic carbocycles. The van der Waals surface area contributed by atoms with Gasteiger partial charge in [0.25, 0.3) is 0 Å². The van der Waals surface area contributed by atoms with Gasteiger partial charge in [-0.3, -0.25) is 4.98 Å². The van der Waals surface area contributed by atoms with Crippen molar-refractivity contribution in [3.8, 4) is 56.2 Å². The van der Waals surface area contributed by atoms with Gasteiger partial charge >= 0.3 is 0 Å². The Labute approximate surface area is 266 Å². The molecule has 0 bridgehead atoms. The van der Waals surface area contributed by atoms with Crippen molar-refractivity contribution in [2.45, 2.75) is 0 Å². The lowest BCUT2D eigenvalue weighted by molar-refractivity contribution is 1.18. The summed E-state index contributed by atoms with van der Waals surface area (Å²) >= 11 is 0. The van der Waals surface area contributed by atoms with Crippen LogP contribution in [0.1, 0.15) is 0 Å². The number of nitrogens with zero attached hydrogens (tertiary/aromatic N) is 3. The van der Waals surface area contributed by atoms with Gasteiger partial charge in [0, 0.05) is 29.1 Å². The molecule has 9 aromatic rings. The molecule has 0 saturated carbocycles. The van der Waals surface area contributed by atoms with Gasteiger partial charge in [0.2, 0.25) is 0 Å². The maximum Gasteiger partial charge on any atom is 0.160 e. The van der Waals surface area contributed by atoms with E-state index >= 15 is 0 Å². The van der Waals surface area contributed by atoms with Gasteiger partial charge in [-0.25, -0.2) is 9.97 Å². The van der Waals surface area contributed by atoms with Crippen molar-refractivity contribution in [2.24, 2.45) is 0 Å². The van der Waals surface area contributed by atoms with Crippen LogP contribution >= 0.6 is 0 Å². The van der Waals surface area contributed by atoms with Crippen LogP contribution in [0.25, 0.3) is 88.5 Å². The average molecular weight is 586 g/mol. The molecule has 0 aliphatic carbocycles. The summed E-state index contributed by atoms with van der Waals surface area (Å²) in [6, 6.07) is 53.7. The van der Waals surface area contributed by atoms with Crippen LogP contribution < -0.4 is 0 Å². The van der Waals surface area contributed by atoms with Crippen LogP contribution in [0.5, 0.6) is 0 Å². The molecule has 3 heteroatoms. The van der Waals surface area contributed by atoms with Crippen molar-refractivity contribution in [2.75, 3.05) is 0 Å². The quantitative estimate of drug-likeness (QED) is 0.189. The molecule has 0 N–H and O–H groups in total. The Morgan fingerprint density at radius 3 is 1.61 bits per heavy atom. The summed E-state index contributed by atoms with van der Waals surface area (Å²) in [6.07, 6.45) is 3.63. The first-order valence-electron chi connectivity index (χ1n) is 15.5. The van der Waals surface area contributed by atoms with Gasteiger partial charge in [-0.1, -0.05) is 133 Å². The Hall–Kier alpha value is -6.19. The minimum Gasteiger partial charge on any atom is -0.265 e. The standard InChI is InChI=1S/C43H27N3/c1-2-5-31(6-3-1)39-27-40(46-43(45-39)36-17-9-28(10-18-36)29-23-25-44-26-24-29)32-13-11-30(12-14-32)37-21-19-35-16-15-33-7-4-8-34-20-22-38(37)42(35)41(33)34/h1-27H. The van der Waals surface area contributed by atoms with E-state index in [0.717, 1.165) is 39.2 Å². The number of pyridine rings is 1. The number of hydrogen-bond acceptors (Lipinski definition) is 3. The van der Waals surface area contributed by atoms with Crippen LogP contribution in [0.4, 0.5) is 0 Å². The molecule has 0 amide bonds. The van der Waals surface area contributed by atoms with Gasteiger partial charge in [-0.05, 0) is 72.8 Å². The molecule has 0 aliphatic heterocycles. The van der Waals surface area contributed by atoms with Crippen LogP contribution in [0, 0.1) is 0 Å². The van der Waals surface area contributed by atoms with Gasteiger partial charge in [0.15, 0.2) is 5.82 Å². The molecule has 0 saturated heterocycles. The van der Waals surface area contributed by atoms with Gasteiger partial charge in [-0.2, -0.15) is 0 Å². The van der Waals surface area contributed by atoms with Crippen molar-refractivity contribution < 1.29 is 0 Å². The SMILES string of the molecule is c1ccc(-c2cc(-c3ccc(-c4ccc5ccc6cccc7ccc4c5c67)cc3)nc(-c3ccc(-c4ccncc4)cc3)n2)cc1. The predicted octanol–water partition coefficient (Wildman–Crippen LogP) is 11.1. The molecule has 9 rings (SSSR count). The molecule has 0 radical (unpaired) electrons. The van der Waals surface area contributed by atoms with E-state index < -0.39 is 0 Å².